The number of aliphatic carboxylic acids is 1. The molecule has 2 aromatic rings. The molecule has 4 nitrogen and oxygen atoms in total. The highest BCUT2D eigenvalue weighted by molar-refractivity contribution is 6.20. The molecule has 0 bridgehead atoms. The molecule has 2 rings (SSSR count). The number of phenols is 1. The second kappa shape index (κ2) is 6.80. The Labute approximate surface area is 129 Å². The molecule has 0 saturated heterocycles. The minimum absolute atomic E-state index is 0.0512. The van der Waals surface area contributed by atoms with Gasteiger partial charge in [0.2, 0.25) is 0 Å². The molecule has 0 radical (unpaired) electrons. The first-order chi connectivity index (χ1) is 10.5. The summed E-state index contributed by atoms with van der Waals surface area (Å²) in [5.74, 6) is -0.235. The van der Waals surface area contributed by atoms with E-state index in [1.165, 1.54) is 12.1 Å². The maximum Gasteiger partial charge on any atom is 0.336 e. The maximum atomic E-state index is 11.5. The van der Waals surface area contributed by atoms with Gasteiger partial charge in [-0.05, 0) is 55.3 Å². The van der Waals surface area contributed by atoms with Crippen molar-refractivity contribution in [3.8, 4) is 11.5 Å². The Morgan fingerprint density at radius 2 is 1.82 bits per heavy atom. The van der Waals surface area contributed by atoms with E-state index in [0.717, 1.165) is 5.56 Å². The third-order valence-corrected chi connectivity index (χ3v) is 2.95. The minimum atomic E-state index is -1.03. The summed E-state index contributed by atoms with van der Waals surface area (Å²) in [6.07, 6.45) is 1.64. The first-order valence-corrected chi connectivity index (χ1v) is 6.97. The van der Waals surface area contributed by atoms with E-state index in [4.69, 9.17) is 4.74 Å². The zero-order chi connectivity index (χ0) is 16.1. The van der Waals surface area contributed by atoms with Crippen LogP contribution >= 0.6 is 0 Å². The molecule has 0 heterocycles. The molecule has 0 aromatic heterocycles. The fraction of sp³-hybridized carbons (Fsp3) is 0.167. The lowest BCUT2D eigenvalue weighted by atomic mass is 10.0. The van der Waals surface area contributed by atoms with Crippen LogP contribution in [0.25, 0.3) is 11.6 Å². The van der Waals surface area contributed by atoms with Crippen molar-refractivity contribution in [3.05, 3.63) is 59.7 Å². The van der Waals surface area contributed by atoms with Gasteiger partial charge in [0, 0.05) is 0 Å². The van der Waals surface area contributed by atoms with Gasteiger partial charge in [0.05, 0.1) is 11.7 Å². The van der Waals surface area contributed by atoms with Gasteiger partial charge in [0.1, 0.15) is 11.5 Å². The fourth-order valence-electron chi connectivity index (χ4n) is 2.03. The Kier molecular flexibility index (Phi) is 4.84. The summed E-state index contributed by atoms with van der Waals surface area (Å²) in [7, 11) is 0. The number of ether oxygens (including phenoxy) is 1. The van der Waals surface area contributed by atoms with Crippen LogP contribution in [0.4, 0.5) is 0 Å². The summed E-state index contributed by atoms with van der Waals surface area (Å²) in [5, 5.41) is 18.7. The molecular formula is C18H18O4. The Bertz CT molecular complexity index is 684. The lowest BCUT2D eigenvalue weighted by Gasteiger charge is -2.10. The third-order valence-electron chi connectivity index (χ3n) is 2.95. The number of carboxylic acid groups (broad SMARTS) is 1. The van der Waals surface area contributed by atoms with Crippen LogP contribution in [0, 0.1) is 0 Å². The van der Waals surface area contributed by atoms with Gasteiger partial charge in [-0.2, -0.15) is 0 Å². The van der Waals surface area contributed by atoms with Crippen LogP contribution in [0.5, 0.6) is 11.5 Å². The Hall–Kier alpha value is -2.75. The molecule has 2 N–H and O–H groups in total. The van der Waals surface area contributed by atoms with Crippen molar-refractivity contribution in [3.63, 3.8) is 0 Å². The average molecular weight is 298 g/mol. The minimum Gasteiger partial charge on any atom is -0.508 e. The fourth-order valence-corrected chi connectivity index (χ4v) is 2.03. The van der Waals surface area contributed by atoms with Crippen molar-refractivity contribution in [2.45, 2.75) is 20.0 Å². The summed E-state index contributed by atoms with van der Waals surface area (Å²) in [4.78, 5) is 11.5. The Morgan fingerprint density at radius 1 is 1.14 bits per heavy atom. The van der Waals surface area contributed by atoms with E-state index >= 15 is 0 Å². The molecule has 114 valence electrons. The molecule has 0 fully saturated rings. The normalized spacial score (nSPS) is 11.5. The monoisotopic (exact) mass is 298 g/mol. The molecule has 0 aliphatic carbocycles. The van der Waals surface area contributed by atoms with Gasteiger partial charge in [0.25, 0.3) is 0 Å². The van der Waals surface area contributed by atoms with Gasteiger partial charge < -0.3 is 14.9 Å². The van der Waals surface area contributed by atoms with E-state index in [2.05, 4.69) is 0 Å². The van der Waals surface area contributed by atoms with Crippen LogP contribution in [-0.2, 0) is 4.79 Å². The largest absolute Gasteiger partial charge is 0.508 e. The van der Waals surface area contributed by atoms with Crippen molar-refractivity contribution < 1.29 is 19.7 Å². The van der Waals surface area contributed by atoms with E-state index in [-0.39, 0.29) is 17.4 Å². The predicted octanol–water partition coefficient (Wildman–Crippen LogP) is 3.80. The molecule has 4 heteroatoms. The summed E-state index contributed by atoms with van der Waals surface area (Å²) in [6.45, 7) is 3.86. The SMILES string of the molecule is CC(C)Oc1cccc(/C=C(\C(=O)O)c2ccc(O)cc2)c1. The molecule has 0 aliphatic rings. The number of carboxylic acids is 1. The highest BCUT2D eigenvalue weighted by atomic mass is 16.5. The second-order valence-electron chi connectivity index (χ2n) is 5.15. The van der Waals surface area contributed by atoms with Gasteiger partial charge in [-0.25, -0.2) is 4.79 Å². The molecule has 0 aliphatic heterocycles. The summed E-state index contributed by atoms with van der Waals surface area (Å²) in [5.41, 5.74) is 1.42. The summed E-state index contributed by atoms with van der Waals surface area (Å²) < 4.78 is 5.61. The van der Waals surface area contributed by atoms with Crippen LogP contribution in [0.2, 0.25) is 0 Å². The van der Waals surface area contributed by atoms with Crippen molar-refractivity contribution in [2.24, 2.45) is 0 Å². The zero-order valence-electron chi connectivity index (χ0n) is 12.5. The first-order valence-electron chi connectivity index (χ1n) is 6.97. The molecule has 22 heavy (non-hydrogen) atoms. The van der Waals surface area contributed by atoms with Crippen LogP contribution in [-0.4, -0.2) is 22.3 Å². The van der Waals surface area contributed by atoms with Gasteiger partial charge in [0.15, 0.2) is 0 Å². The average Bonchev–Trinajstić information content (AvgIpc) is 2.45. The molecule has 0 amide bonds. The number of hydrogen-bond acceptors (Lipinski definition) is 3. The van der Waals surface area contributed by atoms with E-state index < -0.39 is 5.97 Å². The van der Waals surface area contributed by atoms with Gasteiger partial charge in [-0.3, -0.25) is 0 Å². The number of rotatable bonds is 5. The van der Waals surface area contributed by atoms with E-state index in [0.29, 0.717) is 11.3 Å². The smallest absolute Gasteiger partial charge is 0.336 e. The maximum absolute atomic E-state index is 11.5. The number of aromatic hydroxyl groups is 1. The highest BCUT2D eigenvalue weighted by Gasteiger charge is 2.11. The van der Waals surface area contributed by atoms with E-state index in [1.54, 1.807) is 24.3 Å². The quantitative estimate of drug-likeness (QED) is 0.651. The molecule has 0 unspecified atom stereocenters. The van der Waals surface area contributed by atoms with Crippen LogP contribution < -0.4 is 4.74 Å². The molecule has 0 atom stereocenters. The molecular weight excluding hydrogens is 280 g/mol. The number of hydrogen-bond donors (Lipinski definition) is 2. The number of phenolic OH excluding ortho intramolecular Hbond substituents is 1. The Balaban J connectivity index is 2.38. The summed E-state index contributed by atoms with van der Waals surface area (Å²) in [6, 6.07) is 13.3. The van der Waals surface area contributed by atoms with Crippen molar-refractivity contribution in [1.29, 1.82) is 0 Å². The number of benzene rings is 2. The lowest BCUT2D eigenvalue weighted by Crippen LogP contribution is -2.05. The van der Waals surface area contributed by atoms with Gasteiger partial charge >= 0.3 is 5.97 Å². The van der Waals surface area contributed by atoms with Crippen molar-refractivity contribution >= 4 is 17.6 Å². The van der Waals surface area contributed by atoms with Crippen LogP contribution in [0.3, 0.4) is 0 Å². The number of carbonyl (C=O) groups is 1. The lowest BCUT2D eigenvalue weighted by molar-refractivity contribution is -0.130. The highest BCUT2D eigenvalue weighted by Crippen LogP contribution is 2.23. The van der Waals surface area contributed by atoms with Crippen molar-refractivity contribution in [1.82, 2.24) is 0 Å². The van der Waals surface area contributed by atoms with E-state index in [1.807, 2.05) is 32.0 Å². The molecule has 2 aromatic carbocycles. The predicted molar refractivity (Wildman–Crippen MR) is 85.8 cm³/mol. The molecule has 0 spiro atoms. The second-order valence-corrected chi connectivity index (χ2v) is 5.15. The zero-order valence-corrected chi connectivity index (χ0v) is 12.5. The topological polar surface area (TPSA) is 66.8 Å². The van der Waals surface area contributed by atoms with E-state index in [9.17, 15) is 15.0 Å². The summed E-state index contributed by atoms with van der Waals surface area (Å²) >= 11 is 0. The Morgan fingerprint density at radius 3 is 2.41 bits per heavy atom. The first kappa shape index (κ1) is 15.6. The van der Waals surface area contributed by atoms with Crippen molar-refractivity contribution in [2.75, 3.05) is 0 Å². The molecule has 0 saturated carbocycles. The van der Waals surface area contributed by atoms with Gasteiger partial charge in [-0.15, -0.1) is 0 Å². The third kappa shape index (κ3) is 4.12. The standard InChI is InChI=1S/C18H18O4/c1-12(2)22-16-5-3-4-13(10-16)11-17(18(20)21)14-6-8-15(19)9-7-14/h3-12,19H,1-2H3,(H,20,21)/b17-11-. The van der Waals surface area contributed by atoms with Crippen LogP contribution in [0.15, 0.2) is 48.5 Å². The van der Waals surface area contributed by atoms with Gasteiger partial charge in [-0.1, -0.05) is 24.3 Å². The van der Waals surface area contributed by atoms with Crippen LogP contribution in [0.1, 0.15) is 25.0 Å².